The molecule has 23 heavy (non-hydrogen) atoms. The van der Waals surface area contributed by atoms with E-state index in [2.05, 4.69) is 88.0 Å². The van der Waals surface area contributed by atoms with Crippen molar-refractivity contribution < 1.29 is 0 Å². The summed E-state index contributed by atoms with van der Waals surface area (Å²) in [7, 11) is 0. The minimum atomic E-state index is 1.15. The van der Waals surface area contributed by atoms with Gasteiger partial charge < -0.3 is 0 Å². The van der Waals surface area contributed by atoms with Crippen LogP contribution in [0.2, 0.25) is 0 Å². The van der Waals surface area contributed by atoms with Crippen LogP contribution in [0.15, 0.2) is 67.2 Å². The highest BCUT2D eigenvalue weighted by Crippen LogP contribution is 2.28. The molecule has 0 saturated carbocycles. The molecule has 114 valence electrons. The van der Waals surface area contributed by atoms with Crippen molar-refractivity contribution in [1.29, 1.82) is 0 Å². The van der Waals surface area contributed by atoms with E-state index in [4.69, 9.17) is 0 Å². The first kappa shape index (κ1) is 15.3. The van der Waals surface area contributed by atoms with Crippen LogP contribution in [0.3, 0.4) is 0 Å². The second kappa shape index (κ2) is 6.26. The fourth-order valence-electron chi connectivity index (χ4n) is 2.87. The summed E-state index contributed by atoms with van der Waals surface area (Å²) in [6.45, 7) is 10.3. The zero-order chi connectivity index (χ0) is 16.4. The largest absolute Gasteiger partial charge is 0.0985 e. The van der Waals surface area contributed by atoms with Gasteiger partial charge in [0, 0.05) is 0 Å². The Hall–Kier alpha value is -2.60. The molecule has 0 aliphatic heterocycles. The fraction of sp³-hybridized carbons (Fsp3) is 0.130. The average molecular weight is 298 g/mol. The van der Waals surface area contributed by atoms with E-state index in [1.165, 1.54) is 38.9 Å². The summed E-state index contributed by atoms with van der Waals surface area (Å²) in [4.78, 5) is 0. The van der Waals surface area contributed by atoms with Crippen molar-refractivity contribution in [2.45, 2.75) is 20.8 Å². The molecule has 0 atom stereocenters. The molecule has 0 heterocycles. The van der Waals surface area contributed by atoms with Gasteiger partial charge in [0.15, 0.2) is 0 Å². The van der Waals surface area contributed by atoms with Gasteiger partial charge in [-0.25, -0.2) is 0 Å². The van der Waals surface area contributed by atoms with E-state index in [9.17, 15) is 0 Å². The lowest BCUT2D eigenvalue weighted by molar-refractivity contribution is 1.27. The minimum absolute atomic E-state index is 1.15. The molecule has 0 aliphatic rings. The third kappa shape index (κ3) is 3.12. The molecule has 0 radical (unpaired) electrons. The third-order valence-electron chi connectivity index (χ3n) is 4.62. The Labute approximate surface area is 139 Å². The molecule has 0 saturated heterocycles. The molecule has 0 fully saturated rings. The number of rotatable bonds is 3. The van der Waals surface area contributed by atoms with Gasteiger partial charge >= 0.3 is 0 Å². The summed E-state index contributed by atoms with van der Waals surface area (Å²) >= 11 is 0. The quantitative estimate of drug-likeness (QED) is 0.511. The molecule has 3 aromatic rings. The second-order valence-electron chi connectivity index (χ2n) is 6.14. The summed E-state index contributed by atoms with van der Waals surface area (Å²) in [5.41, 5.74) is 10.3. The number of hydrogen-bond donors (Lipinski definition) is 0. The SMILES string of the molecule is C=Cc1ccc(-c2ccc(-c3cc(C)c(C)c(C)c3)cc2)cc1. The lowest BCUT2D eigenvalue weighted by Crippen LogP contribution is -1.89. The van der Waals surface area contributed by atoms with Crippen LogP contribution in [0.5, 0.6) is 0 Å². The van der Waals surface area contributed by atoms with Gasteiger partial charge in [-0.1, -0.05) is 73.3 Å². The lowest BCUT2D eigenvalue weighted by atomic mass is 9.95. The predicted octanol–water partition coefficient (Wildman–Crippen LogP) is 6.59. The van der Waals surface area contributed by atoms with Crippen molar-refractivity contribution >= 4 is 6.08 Å². The summed E-state index contributed by atoms with van der Waals surface area (Å²) in [6, 6.07) is 21.9. The van der Waals surface area contributed by atoms with Gasteiger partial charge in [0.25, 0.3) is 0 Å². The molecule has 0 amide bonds. The van der Waals surface area contributed by atoms with Gasteiger partial charge in [-0.05, 0) is 65.3 Å². The molecule has 3 aromatic carbocycles. The van der Waals surface area contributed by atoms with Crippen LogP contribution in [0.25, 0.3) is 28.3 Å². The monoisotopic (exact) mass is 298 g/mol. The van der Waals surface area contributed by atoms with Crippen LogP contribution in [0.1, 0.15) is 22.3 Å². The molecule has 0 spiro atoms. The van der Waals surface area contributed by atoms with Gasteiger partial charge in [-0.15, -0.1) is 0 Å². The van der Waals surface area contributed by atoms with Crippen LogP contribution in [0, 0.1) is 20.8 Å². The molecule has 0 nitrogen and oxygen atoms in total. The maximum atomic E-state index is 3.80. The molecule has 0 N–H and O–H groups in total. The molecule has 3 rings (SSSR count). The topological polar surface area (TPSA) is 0 Å². The standard InChI is InChI=1S/C23H22/c1-5-19-6-8-20(9-7-19)21-10-12-22(13-11-21)23-14-16(2)18(4)17(3)15-23/h5-15H,1H2,2-4H3. The van der Waals surface area contributed by atoms with Crippen LogP contribution in [-0.2, 0) is 0 Å². The first-order valence-electron chi connectivity index (χ1n) is 7.99. The second-order valence-corrected chi connectivity index (χ2v) is 6.14. The van der Waals surface area contributed by atoms with E-state index in [-0.39, 0.29) is 0 Å². The van der Waals surface area contributed by atoms with E-state index in [0.29, 0.717) is 0 Å². The molecule has 0 heteroatoms. The van der Waals surface area contributed by atoms with Crippen molar-refractivity contribution in [3.63, 3.8) is 0 Å². The Kier molecular flexibility index (Phi) is 4.16. The summed E-state index contributed by atoms with van der Waals surface area (Å²) in [5, 5.41) is 0. The summed E-state index contributed by atoms with van der Waals surface area (Å²) < 4.78 is 0. The Morgan fingerprint density at radius 2 is 1.00 bits per heavy atom. The number of aryl methyl sites for hydroxylation is 2. The van der Waals surface area contributed by atoms with Gasteiger partial charge in [0.1, 0.15) is 0 Å². The smallest absolute Gasteiger partial charge is 0.0179 e. The van der Waals surface area contributed by atoms with Crippen LogP contribution < -0.4 is 0 Å². The molecule has 0 aromatic heterocycles. The Balaban J connectivity index is 1.94. The highest BCUT2D eigenvalue weighted by Gasteiger charge is 2.04. The highest BCUT2D eigenvalue weighted by atomic mass is 14.1. The van der Waals surface area contributed by atoms with Crippen LogP contribution in [-0.4, -0.2) is 0 Å². The summed E-state index contributed by atoms with van der Waals surface area (Å²) in [5.74, 6) is 0. The zero-order valence-corrected chi connectivity index (χ0v) is 14.1. The van der Waals surface area contributed by atoms with Gasteiger partial charge in [-0.3, -0.25) is 0 Å². The highest BCUT2D eigenvalue weighted by molar-refractivity contribution is 5.72. The van der Waals surface area contributed by atoms with Crippen LogP contribution >= 0.6 is 0 Å². The normalized spacial score (nSPS) is 10.6. The maximum Gasteiger partial charge on any atom is -0.0179 e. The first-order valence-corrected chi connectivity index (χ1v) is 7.99. The van der Waals surface area contributed by atoms with E-state index in [1.54, 1.807) is 0 Å². The van der Waals surface area contributed by atoms with Crippen molar-refractivity contribution in [2.75, 3.05) is 0 Å². The molecular weight excluding hydrogens is 276 g/mol. The average Bonchev–Trinajstić information content (AvgIpc) is 2.59. The molecule has 0 unspecified atom stereocenters. The Morgan fingerprint density at radius 3 is 1.43 bits per heavy atom. The van der Waals surface area contributed by atoms with Crippen LogP contribution in [0.4, 0.5) is 0 Å². The van der Waals surface area contributed by atoms with E-state index in [1.807, 2.05) is 6.08 Å². The minimum Gasteiger partial charge on any atom is -0.0985 e. The lowest BCUT2D eigenvalue weighted by Gasteiger charge is -2.10. The molecule has 0 aliphatic carbocycles. The molecule has 0 bridgehead atoms. The number of hydrogen-bond acceptors (Lipinski definition) is 0. The number of benzene rings is 3. The van der Waals surface area contributed by atoms with Gasteiger partial charge in [0.05, 0.1) is 0 Å². The van der Waals surface area contributed by atoms with Crippen molar-refractivity contribution in [3.05, 3.63) is 89.5 Å². The van der Waals surface area contributed by atoms with Gasteiger partial charge in [0.2, 0.25) is 0 Å². The summed E-state index contributed by atoms with van der Waals surface area (Å²) in [6.07, 6.45) is 1.87. The van der Waals surface area contributed by atoms with Crippen molar-refractivity contribution in [3.8, 4) is 22.3 Å². The first-order chi connectivity index (χ1) is 11.1. The Morgan fingerprint density at radius 1 is 0.609 bits per heavy atom. The third-order valence-corrected chi connectivity index (χ3v) is 4.62. The van der Waals surface area contributed by atoms with Crippen molar-refractivity contribution in [2.24, 2.45) is 0 Å². The predicted molar refractivity (Wildman–Crippen MR) is 102 cm³/mol. The van der Waals surface area contributed by atoms with E-state index >= 15 is 0 Å². The Bertz CT molecular complexity index is 811. The maximum absolute atomic E-state index is 3.80. The van der Waals surface area contributed by atoms with Gasteiger partial charge in [-0.2, -0.15) is 0 Å². The zero-order valence-electron chi connectivity index (χ0n) is 14.1. The molecular formula is C23H22. The van der Waals surface area contributed by atoms with Crippen molar-refractivity contribution in [1.82, 2.24) is 0 Å². The van der Waals surface area contributed by atoms with E-state index in [0.717, 1.165) is 5.56 Å². The fourth-order valence-corrected chi connectivity index (χ4v) is 2.87. The van der Waals surface area contributed by atoms with E-state index < -0.39 is 0 Å².